The van der Waals surface area contributed by atoms with Gasteiger partial charge in [0.2, 0.25) is 10.0 Å². The SMILES string of the molecule is Cc1cc(C)c(S(=O)(=O)NC2CC(N)C2)c(C)c1. The maximum Gasteiger partial charge on any atom is 0.241 e. The molecule has 0 amide bonds. The maximum absolute atomic E-state index is 12.3. The number of hydrogen-bond acceptors (Lipinski definition) is 3. The molecule has 18 heavy (non-hydrogen) atoms. The Labute approximate surface area is 109 Å². The monoisotopic (exact) mass is 268 g/mol. The van der Waals surface area contributed by atoms with Gasteiger partial charge < -0.3 is 5.73 Å². The summed E-state index contributed by atoms with van der Waals surface area (Å²) in [5.41, 5.74) is 8.34. The third kappa shape index (κ3) is 2.58. The largest absolute Gasteiger partial charge is 0.328 e. The van der Waals surface area contributed by atoms with Gasteiger partial charge >= 0.3 is 0 Å². The molecule has 1 aliphatic carbocycles. The van der Waals surface area contributed by atoms with Crippen molar-refractivity contribution in [2.24, 2.45) is 5.73 Å². The van der Waals surface area contributed by atoms with E-state index in [0.29, 0.717) is 4.90 Å². The number of nitrogens with one attached hydrogen (secondary N) is 1. The van der Waals surface area contributed by atoms with Gasteiger partial charge in [0.1, 0.15) is 0 Å². The lowest BCUT2D eigenvalue weighted by molar-refractivity contribution is 0.327. The lowest BCUT2D eigenvalue weighted by atomic mass is 9.89. The topological polar surface area (TPSA) is 72.2 Å². The number of aryl methyl sites for hydroxylation is 3. The molecule has 1 fully saturated rings. The molecule has 1 aromatic rings. The molecular formula is C13H20N2O2S. The minimum atomic E-state index is -3.43. The van der Waals surface area contributed by atoms with Crippen LogP contribution in [0.3, 0.4) is 0 Å². The molecule has 100 valence electrons. The van der Waals surface area contributed by atoms with E-state index in [2.05, 4.69) is 4.72 Å². The highest BCUT2D eigenvalue weighted by Crippen LogP contribution is 2.25. The number of benzene rings is 1. The zero-order valence-electron chi connectivity index (χ0n) is 11.0. The Morgan fingerprint density at radius 1 is 1.17 bits per heavy atom. The summed E-state index contributed by atoms with van der Waals surface area (Å²) in [6, 6.07) is 3.92. The lowest BCUT2D eigenvalue weighted by Gasteiger charge is -2.33. The smallest absolute Gasteiger partial charge is 0.241 e. The first kappa shape index (κ1) is 13.5. The van der Waals surface area contributed by atoms with Crippen molar-refractivity contribution in [1.29, 1.82) is 0 Å². The Morgan fingerprint density at radius 2 is 1.67 bits per heavy atom. The van der Waals surface area contributed by atoms with Crippen LogP contribution in [0.4, 0.5) is 0 Å². The Morgan fingerprint density at radius 3 is 2.11 bits per heavy atom. The zero-order chi connectivity index (χ0) is 13.5. The third-order valence-corrected chi connectivity index (χ3v) is 5.19. The molecule has 0 bridgehead atoms. The van der Waals surface area contributed by atoms with Crippen LogP contribution in [0.2, 0.25) is 0 Å². The van der Waals surface area contributed by atoms with Gasteiger partial charge in [0, 0.05) is 12.1 Å². The van der Waals surface area contributed by atoms with E-state index in [1.807, 2.05) is 32.9 Å². The number of hydrogen-bond donors (Lipinski definition) is 2. The molecule has 1 saturated carbocycles. The summed E-state index contributed by atoms with van der Waals surface area (Å²) >= 11 is 0. The van der Waals surface area contributed by atoms with Crippen LogP contribution in [-0.4, -0.2) is 20.5 Å². The molecule has 5 heteroatoms. The fourth-order valence-corrected chi connectivity index (χ4v) is 4.34. The molecule has 0 saturated heterocycles. The first-order valence-electron chi connectivity index (χ1n) is 6.15. The summed E-state index contributed by atoms with van der Waals surface area (Å²) in [7, 11) is -3.43. The van der Waals surface area contributed by atoms with Crippen molar-refractivity contribution < 1.29 is 8.42 Å². The molecule has 4 nitrogen and oxygen atoms in total. The van der Waals surface area contributed by atoms with Crippen molar-refractivity contribution in [3.05, 3.63) is 28.8 Å². The minimum Gasteiger partial charge on any atom is -0.328 e. The second-order valence-corrected chi connectivity index (χ2v) is 6.93. The first-order chi connectivity index (χ1) is 8.29. The van der Waals surface area contributed by atoms with Crippen LogP contribution >= 0.6 is 0 Å². The zero-order valence-corrected chi connectivity index (χ0v) is 11.8. The normalized spacial score (nSPS) is 23.8. The van der Waals surface area contributed by atoms with E-state index in [1.54, 1.807) is 0 Å². The van der Waals surface area contributed by atoms with Gasteiger partial charge in [0.05, 0.1) is 4.90 Å². The van der Waals surface area contributed by atoms with E-state index < -0.39 is 10.0 Å². The van der Waals surface area contributed by atoms with Crippen LogP contribution in [0.25, 0.3) is 0 Å². The van der Waals surface area contributed by atoms with Crippen LogP contribution in [0.1, 0.15) is 29.5 Å². The molecule has 0 unspecified atom stereocenters. The molecule has 1 aromatic carbocycles. The predicted octanol–water partition coefficient (Wildman–Crippen LogP) is 1.38. The van der Waals surface area contributed by atoms with Crippen LogP contribution in [0.5, 0.6) is 0 Å². The Hall–Kier alpha value is -0.910. The quantitative estimate of drug-likeness (QED) is 0.870. The van der Waals surface area contributed by atoms with E-state index in [9.17, 15) is 8.42 Å². The number of sulfonamides is 1. The molecule has 3 N–H and O–H groups in total. The molecule has 1 aliphatic rings. The van der Waals surface area contributed by atoms with E-state index in [4.69, 9.17) is 5.73 Å². The average molecular weight is 268 g/mol. The second-order valence-electron chi connectivity index (χ2n) is 5.28. The van der Waals surface area contributed by atoms with Crippen molar-refractivity contribution in [2.75, 3.05) is 0 Å². The fraction of sp³-hybridized carbons (Fsp3) is 0.538. The van der Waals surface area contributed by atoms with E-state index in [0.717, 1.165) is 29.5 Å². The van der Waals surface area contributed by atoms with Gasteiger partial charge in [-0.1, -0.05) is 17.7 Å². The molecule has 0 aliphatic heterocycles. The van der Waals surface area contributed by atoms with Crippen molar-refractivity contribution in [1.82, 2.24) is 4.72 Å². The third-order valence-electron chi connectivity index (χ3n) is 3.37. The van der Waals surface area contributed by atoms with Crippen LogP contribution in [0.15, 0.2) is 17.0 Å². The van der Waals surface area contributed by atoms with Crippen molar-refractivity contribution >= 4 is 10.0 Å². The van der Waals surface area contributed by atoms with Gasteiger partial charge in [-0.25, -0.2) is 13.1 Å². The van der Waals surface area contributed by atoms with E-state index >= 15 is 0 Å². The summed E-state index contributed by atoms with van der Waals surface area (Å²) in [4.78, 5) is 0.411. The number of rotatable bonds is 3. The van der Waals surface area contributed by atoms with E-state index in [-0.39, 0.29) is 12.1 Å². The average Bonchev–Trinajstić information content (AvgIpc) is 2.11. The van der Waals surface area contributed by atoms with Gasteiger partial charge in [0.25, 0.3) is 0 Å². The minimum absolute atomic E-state index is 0.00916. The predicted molar refractivity (Wildman–Crippen MR) is 72.0 cm³/mol. The lowest BCUT2D eigenvalue weighted by Crippen LogP contribution is -2.50. The van der Waals surface area contributed by atoms with Gasteiger partial charge in [-0.2, -0.15) is 0 Å². The summed E-state index contributed by atoms with van der Waals surface area (Å²) in [6.45, 7) is 5.64. The number of nitrogens with two attached hydrogens (primary N) is 1. The Kier molecular flexibility index (Phi) is 3.49. The van der Waals surface area contributed by atoms with Gasteiger partial charge in [-0.15, -0.1) is 0 Å². The molecular weight excluding hydrogens is 248 g/mol. The molecule has 0 radical (unpaired) electrons. The molecule has 0 heterocycles. The van der Waals surface area contributed by atoms with E-state index in [1.165, 1.54) is 0 Å². The highest BCUT2D eigenvalue weighted by molar-refractivity contribution is 7.89. The molecule has 2 rings (SSSR count). The first-order valence-corrected chi connectivity index (χ1v) is 7.63. The Balaban J connectivity index is 2.30. The van der Waals surface area contributed by atoms with Crippen LogP contribution in [-0.2, 0) is 10.0 Å². The Bertz CT molecular complexity index is 537. The standard InChI is InChI=1S/C13H20N2O2S/c1-8-4-9(2)13(10(3)5-8)18(16,17)15-12-6-11(14)7-12/h4-5,11-12,15H,6-7,14H2,1-3H3. The van der Waals surface area contributed by atoms with Gasteiger partial charge in [-0.05, 0) is 44.7 Å². The van der Waals surface area contributed by atoms with Crippen LogP contribution in [0, 0.1) is 20.8 Å². The summed E-state index contributed by atoms with van der Waals surface area (Å²) in [5, 5.41) is 0. The van der Waals surface area contributed by atoms with Crippen molar-refractivity contribution in [3.8, 4) is 0 Å². The summed E-state index contributed by atoms with van der Waals surface area (Å²) in [5.74, 6) is 0. The molecule has 0 spiro atoms. The van der Waals surface area contributed by atoms with Gasteiger partial charge in [0.15, 0.2) is 0 Å². The highest BCUT2D eigenvalue weighted by atomic mass is 32.2. The van der Waals surface area contributed by atoms with Crippen molar-refractivity contribution in [2.45, 2.75) is 50.6 Å². The molecule has 0 atom stereocenters. The van der Waals surface area contributed by atoms with Crippen LogP contribution < -0.4 is 10.5 Å². The highest BCUT2D eigenvalue weighted by Gasteiger charge is 2.31. The fourth-order valence-electron chi connectivity index (χ4n) is 2.63. The van der Waals surface area contributed by atoms with Gasteiger partial charge in [-0.3, -0.25) is 0 Å². The molecule has 0 aromatic heterocycles. The second kappa shape index (κ2) is 4.64. The maximum atomic E-state index is 12.3. The van der Waals surface area contributed by atoms with Crippen molar-refractivity contribution in [3.63, 3.8) is 0 Å². The summed E-state index contributed by atoms with van der Waals surface area (Å²) < 4.78 is 27.4. The summed E-state index contributed by atoms with van der Waals surface area (Å²) in [6.07, 6.45) is 1.45.